The molecule has 1 unspecified atom stereocenters. The van der Waals surface area contributed by atoms with Crippen molar-refractivity contribution in [2.24, 2.45) is 11.8 Å². The third-order valence-corrected chi connectivity index (χ3v) is 3.61. The van der Waals surface area contributed by atoms with Gasteiger partial charge < -0.3 is 15.4 Å². The predicted octanol–water partition coefficient (Wildman–Crippen LogP) is 3.47. The molecule has 0 saturated heterocycles. The molecule has 0 aliphatic heterocycles. The first-order valence-electron chi connectivity index (χ1n) is 7.68. The second-order valence-electron chi connectivity index (χ2n) is 6.22. The number of methoxy groups -OCH3 is 1. The fraction of sp³-hybridized carbons (Fsp3) is 0.529. The smallest absolute Gasteiger partial charge is 0.247 e. The summed E-state index contributed by atoms with van der Waals surface area (Å²) < 4.78 is 5.08. The Bertz CT molecular complexity index is 559. The molecule has 0 heterocycles. The maximum atomic E-state index is 12.5. The molecule has 0 saturated carbocycles. The number of carbonyl (C=O) groups is 2. The van der Waals surface area contributed by atoms with Gasteiger partial charge in [0.2, 0.25) is 11.8 Å². The van der Waals surface area contributed by atoms with Crippen molar-refractivity contribution in [2.45, 2.75) is 40.2 Å². The molecule has 0 aliphatic rings. The topological polar surface area (TPSA) is 67.4 Å². The van der Waals surface area contributed by atoms with Gasteiger partial charge in [-0.2, -0.15) is 0 Å². The Hall–Kier alpha value is -1.75. The molecular weight excluding hydrogens is 316 g/mol. The molecule has 0 bridgehead atoms. The lowest BCUT2D eigenvalue weighted by Crippen LogP contribution is -2.47. The highest BCUT2D eigenvalue weighted by molar-refractivity contribution is 6.33. The Morgan fingerprint density at radius 3 is 2.35 bits per heavy atom. The molecule has 1 aromatic rings. The fourth-order valence-corrected chi connectivity index (χ4v) is 2.29. The highest BCUT2D eigenvalue weighted by Crippen LogP contribution is 2.27. The van der Waals surface area contributed by atoms with E-state index in [4.69, 9.17) is 16.3 Å². The number of rotatable bonds is 7. The van der Waals surface area contributed by atoms with E-state index in [2.05, 4.69) is 10.6 Å². The minimum atomic E-state index is -0.612. The summed E-state index contributed by atoms with van der Waals surface area (Å²) in [6.45, 7) is 7.69. The summed E-state index contributed by atoms with van der Waals surface area (Å²) in [6.07, 6.45) is 0.389. The summed E-state index contributed by atoms with van der Waals surface area (Å²) in [7, 11) is 1.54. The molecule has 0 aromatic heterocycles. The van der Waals surface area contributed by atoms with E-state index in [0.717, 1.165) is 0 Å². The van der Waals surface area contributed by atoms with Crippen LogP contribution in [0.15, 0.2) is 18.2 Å². The summed E-state index contributed by atoms with van der Waals surface area (Å²) in [5.74, 6) is 0.391. The van der Waals surface area contributed by atoms with Crippen molar-refractivity contribution in [2.75, 3.05) is 12.4 Å². The van der Waals surface area contributed by atoms with Gasteiger partial charge in [-0.25, -0.2) is 0 Å². The molecule has 6 heteroatoms. The van der Waals surface area contributed by atoms with Crippen molar-refractivity contribution in [3.8, 4) is 5.75 Å². The lowest BCUT2D eigenvalue weighted by Gasteiger charge is -2.22. The number of benzene rings is 1. The van der Waals surface area contributed by atoms with Crippen LogP contribution in [0, 0.1) is 11.8 Å². The van der Waals surface area contributed by atoms with E-state index < -0.39 is 6.04 Å². The quantitative estimate of drug-likeness (QED) is 0.798. The molecule has 5 nitrogen and oxygen atoms in total. The van der Waals surface area contributed by atoms with Crippen molar-refractivity contribution in [1.82, 2.24) is 5.32 Å². The van der Waals surface area contributed by atoms with E-state index in [1.165, 1.54) is 0 Å². The molecular formula is C17H25ClN2O3. The first-order valence-corrected chi connectivity index (χ1v) is 8.06. The number of amides is 2. The van der Waals surface area contributed by atoms with Gasteiger partial charge in [-0.05, 0) is 24.0 Å². The number of hydrogen-bond acceptors (Lipinski definition) is 3. The van der Waals surface area contributed by atoms with Gasteiger partial charge in [0.15, 0.2) is 0 Å². The molecule has 2 amide bonds. The minimum Gasteiger partial charge on any atom is -0.497 e. The lowest BCUT2D eigenvalue weighted by atomic mass is 10.0. The first-order chi connectivity index (χ1) is 10.7. The molecule has 23 heavy (non-hydrogen) atoms. The molecule has 0 spiro atoms. The number of carbonyl (C=O) groups excluding carboxylic acids is 2. The number of hydrogen-bond donors (Lipinski definition) is 2. The average molecular weight is 341 g/mol. The third-order valence-electron chi connectivity index (χ3n) is 3.29. The second kappa shape index (κ2) is 8.77. The lowest BCUT2D eigenvalue weighted by molar-refractivity contribution is -0.127. The Morgan fingerprint density at radius 1 is 1.22 bits per heavy atom. The van der Waals surface area contributed by atoms with E-state index >= 15 is 0 Å². The van der Waals surface area contributed by atoms with E-state index in [1.807, 2.05) is 27.7 Å². The Kier molecular flexibility index (Phi) is 7.36. The molecule has 0 fully saturated rings. The van der Waals surface area contributed by atoms with Crippen LogP contribution in [-0.4, -0.2) is 25.0 Å². The molecule has 0 aliphatic carbocycles. The molecule has 128 valence electrons. The average Bonchev–Trinajstić information content (AvgIpc) is 2.45. The van der Waals surface area contributed by atoms with E-state index in [9.17, 15) is 9.59 Å². The largest absolute Gasteiger partial charge is 0.497 e. The van der Waals surface area contributed by atoms with Gasteiger partial charge in [0.25, 0.3) is 0 Å². The van der Waals surface area contributed by atoms with Crippen LogP contribution >= 0.6 is 11.6 Å². The van der Waals surface area contributed by atoms with Crippen molar-refractivity contribution >= 4 is 29.1 Å². The van der Waals surface area contributed by atoms with Crippen molar-refractivity contribution in [1.29, 1.82) is 0 Å². The SMILES string of the molecule is COc1ccc(NC(=O)C(NC(=O)CC(C)C)C(C)C)c(Cl)c1. The van der Waals surface area contributed by atoms with Crippen molar-refractivity contribution in [3.05, 3.63) is 23.2 Å². The van der Waals surface area contributed by atoms with Crippen LogP contribution in [0.2, 0.25) is 5.02 Å². The summed E-state index contributed by atoms with van der Waals surface area (Å²) in [4.78, 5) is 24.4. The highest BCUT2D eigenvalue weighted by Gasteiger charge is 2.25. The maximum Gasteiger partial charge on any atom is 0.247 e. The third kappa shape index (κ3) is 6.10. The van der Waals surface area contributed by atoms with E-state index in [-0.39, 0.29) is 23.7 Å². The maximum absolute atomic E-state index is 12.5. The molecule has 1 aromatic carbocycles. The van der Waals surface area contributed by atoms with Gasteiger partial charge in [-0.15, -0.1) is 0 Å². The summed E-state index contributed by atoms with van der Waals surface area (Å²) >= 11 is 6.13. The summed E-state index contributed by atoms with van der Waals surface area (Å²) in [5, 5.41) is 5.93. The molecule has 1 atom stereocenters. The van der Waals surface area contributed by atoms with Gasteiger partial charge in [0.1, 0.15) is 11.8 Å². The zero-order valence-electron chi connectivity index (χ0n) is 14.3. The van der Waals surface area contributed by atoms with Crippen LogP contribution in [0.25, 0.3) is 0 Å². The predicted molar refractivity (Wildman–Crippen MR) is 92.9 cm³/mol. The van der Waals surface area contributed by atoms with Gasteiger partial charge in [-0.1, -0.05) is 39.3 Å². The summed E-state index contributed by atoms with van der Waals surface area (Å²) in [5.41, 5.74) is 0.487. The highest BCUT2D eigenvalue weighted by atomic mass is 35.5. The van der Waals surface area contributed by atoms with Crippen LogP contribution in [0.3, 0.4) is 0 Å². The van der Waals surface area contributed by atoms with Crippen molar-refractivity contribution < 1.29 is 14.3 Å². The van der Waals surface area contributed by atoms with Gasteiger partial charge in [0.05, 0.1) is 17.8 Å². The number of ether oxygens (including phenoxy) is 1. The zero-order valence-corrected chi connectivity index (χ0v) is 15.0. The van der Waals surface area contributed by atoms with Crippen molar-refractivity contribution in [3.63, 3.8) is 0 Å². The number of halogens is 1. The number of nitrogens with one attached hydrogen (secondary N) is 2. The second-order valence-corrected chi connectivity index (χ2v) is 6.63. The Morgan fingerprint density at radius 2 is 1.87 bits per heavy atom. The monoisotopic (exact) mass is 340 g/mol. The van der Waals surface area contributed by atoms with Crippen LogP contribution in [-0.2, 0) is 9.59 Å². The normalized spacial score (nSPS) is 12.2. The molecule has 0 radical (unpaired) electrons. The summed E-state index contributed by atoms with van der Waals surface area (Å²) in [6, 6.07) is 4.40. The van der Waals surface area contributed by atoms with Gasteiger partial charge in [0, 0.05) is 12.5 Å². The number of anilines is 1. The zero-order chi connectivity index (χ0) is 17.6. The minimum absolute atomic E-state index is 0.0388. The van der Waals surface area contributed by atoms with E-state index in [1.54, 1.807) is 25.3 Å². The standard InChI is InChI=1S/C17H25ClN2O3/c1-10(2)8-15(21)20-16(11(3)4)17(22)19-14-7-6-12(23-5)9-13(14)18/h6-7,9-11,16H,8H2,1-5H3,(H,19,22)(H,20,21). The molecule has 1 rings (SSSR count). The van der Waals surface area contributed by atoms with Crippen LogP contribution in [0.1, 0.15) is 34.1 Å². The Labute approximate surface area is 142 Å². The fourth-order valence-electron chi connectivity index (χ4n) is 2.07. The van der Waals surface area contributed by atoms with Crippen LogP contribution in [0.4, 0.5) is 5.69 Å². The van der Waals surface area contributed by atoms with Crippen LogP contribution in [0.5, 0.6) is 5.75 Å². The first kappa shape index (κ1) is 19.3. The van der Waals surface area contributed by atoms with Crippen LogP contribution < -0.4 is 15.4 Å². The van der Waals surface area contributed by atoms with Gasteiger partial charge in [-0.3, -0.25) is 9.59 Å². The van der Waals surface area contributed by atoms with E-state index in [0.29, 0.717) is 22.9 Å². The van der Waals surface area contributed by atoms with Gasteiger partial charge >= 0.3 is 0 Å². The Balaban J connectivity index is 2.80. The molecule has 2 N–H and O–H groups in total.